The summed E-state index contributed by atoms with van der Waals surface area (Å²) in [7, 11) is 0. The van der Waals surface area contributed by atoms with E-state index in [1.54, 1.807) is 0 Å². The smallest absolute Gasteiger partial charge is 0.0725 e. The number of anilines is 6. The van der Waals surface area contributed by atoms with Gasteiger partial charge in [-0.2, -0.15) is 0 Å². The number of nitrogens with zero attached hydrogens (tertiary/aromatic N) is 2. The van der Waals surface area contributed by atoms with E-state index in [2.05, 4.69) is 513 Å². The van der Waals surface area contributed by atoms with Crippen molar-refractivity contribution < 1.29 is 0 Å². The molecule has 0 heterocycles. The molecule has 2 nitrogen and oxygen atoms in total. The van der Waals surface area contributed by atoms with Gasteiger partial charge in [-0.3, -0.25) is 0 Å². The van der Waals surface area contributed by atoms with Gasteiger partial charge >= 0.3 is 0 Å². The van der Waals surface area contributed by atoms with Crippen LogP contribution in [0.2, 0.25) is 0 Å². The molecule has 27 rings (SSSR count). The fourth-order valence-corrected chi connectivity index (χ4v) is 25.1. The first kappa shape index (κ1) is 81.3. The van der Waals surface area contributed by atoms with E-state index in [0.29, 0.717) is 0 Å². The van der Waals surface area contributed by atoms with Crippen molar-refractivity contribution in [2.75, 3.05) is 9.80 Å². The number of hydrogen-bond acceptors (Lipinski definition) is 2. The van der Waals surface area contributed by atoms with Crippen LogP contribution in [0.5, 0.6) is 0 Å². The first-order chi connectivity index (χ1) is 67.1. The zero-order valence-electron chi connectivity index (χ0n) is 77.7. The molecule has 2 unspecified atom stereocenters. The highest BCUT2D eigenvalue weighted by molar-refractivity contribution is 6.01. The average Bonchev–Trinajstić information content (AvgIpc) is 1.51. The van der Waals surface area contributed by atoms with Crippen molar-refractivity contribution in [1.82, 2.24) is 0 Å². The van der Waals surface area contributed by atoms with E-state index >= 15 is 0 Å². The molecule has 0 fully saturated rings. The molecule has 0 N–H and O–H groups in total. The van der Waals surface area contributed by atoms with Gasteiger partial charge < -0.3 is 9.80 Å². The van der Waals surface area contributed by atoms with Gasteiger partial charge in [0.1, 0.15) is 0 Å². The minimum atomic E-state index is -0.474. The van der Waals surface area contributed by atoms with E-state index in [4.69, 9.17) is 0 Å². The molecule has 0 radical (unpaired) electrons. The van der Waals surface area contributed by atoms with Crippen LogP contribution in [0.4, 0.5) is 34.1 Å². The summed E-state index contributed by atoms with van der Waals surface area (Å²) in [6.45, 7) is 22.4. The van der Waals surface area contributed by atoms with Crippen LogP contribution in [-0.4, -0.2) is 0 Å². The Bertz CT molecular complexity index is 8330. The van der Waals surface area contributed by atoms with E-state index in [9.17, 15) is 0 Å². The van der Waals surface area contributed by atoms with Crippen LogP contribution in [0.25, 0.3) is 146 Å². The number of rotatable bonds is 13. The summed E-state index contributed by atoms with van der Waals surface area (Å²) in [5.74, 6) is 0. The molecule has 0 amide bonds. The molecule has 7 aliphatic rings. The van der Waals surface area contributed by atoms with E-state index < -0.39 is 10.8 Å². The molecular formula is C135H98N2. The normalized spacial score (nSPS) is 15.8. The molecule has 7 aliphatic carbocycles. The average molecular weight is 1750 g/mol. The second-order valence-corrected chi connectivity index (χ2v) is 39.8. The molecule has 2 atom stereocenters. The van der Waals surface area contributed by atoms with Gasteiger partial charge in [0.2, 0.25) is 0 Å². The van der Waals surface area contributed by atoms with Crippen molar-refractivity contribution in [1.29, 1.82) is 0 Å². The van der Waals surface area contributed by atoms with Crippen molar-refractivity contribution >= 4 is 46.3 Å². The summed E-state index contributed by atoms with van der Waals surface area (Å²) in [6.07, 6.45) is 3.86. The Hall–Kier alpha value is -16.5. The molecular weight excluding hydrogens is 1650 g/mol. The summed E-state index contributed by atoms with van der Waals surface area (Å²) < 4.78 is 0. The van der Waals surface area contributed by atoms with Crippen molar-refractivity contribution in [3.8, 4) is 134 Å². The summed E-state index contributed by atoms with van der Waals surface area (Å²) >= 11 is 0. The van der Waals surface area contributed by atoms with Gasteiger partial charge in [-0.25, -0.2) is 0 Å². The molecule has 20 aromatic carbocycles. The fourth-order valence-electron chi connectivity index (χ4n) is 25.1. The Morgan fingerprint density at radius 3 is 0.650 bits per heavy atom. The highest BCUT2D eigenvalue weighted by Gasteiger charge is 2.54. The Kier molecular flexibility index (Phi) is 18.3. The van der Waals surface area contributed by atoms with Crippen molar-refractivity contribution in [2.45, 2.75) is 68.6 Å². The van der Waals surface area contributed by atoms with Crippen LogP contribution in [0.15, 0.2) is 462 Å². The van der Waals surface area contributed by atoms with Crippen molar-refractivity contribution in [2.24, 2.45) is 0 Å². The largest absolute Gasteiger partial charge is 0.310 e. The van der Waals surface area contributed by atoms with Crippen LogP contribution in [-0.2, 0) is 27.1 Å². The lowest BCUT2D eigenvalue weighted by Crippen LogP contribution is -2.26. The number of fused-ring (bicyclic) bond motifs is 29. The van der Waals surface area contributed by atoms with Gasteiger partial charge in [0.15, 0.2) is 0 Å². The van der Waals surface area contributed by atoms with E-state index in [1.807, 2.05) is 12.2 Å². The molecule has 0 bridgehead atoms. The standard InChI is InChI=1S/C69H51N.C66H47N/c1-6-43-16-15-17-45(38-43)47-29-35-58-54-21-10-14-25-62(54)69(66(58)40-47)61-24-13-9-20-53(61)57-34-28-46(39-65(57)69)44-26-30-48(31-27-44)70(49-32-36-55-51-18-7-11-22-59(51)67(2,3)63(55)41-49)50-33-37-56-52-19-8-12-23-60(52)68(4,5)64(56)42-50;1-4-43-15-14-18-47(39-43)49-30-37-58-55-21-10-13-24-61(55)66(64(58)41-49)60-23-12-9-20-54(60)57-36-29-48(40-63(57)66)46-27-33-51(34-28-46)67(50-31-25-45(26-32-50)44-16-6-5-7-17-44)52-35-38-56-53-19-8-11-22-59(53)65(2,3)62(56)42-52/h6-42H,1H2,2-5H3;4-42H,1H2,2-3H3. The zero-order chi connectivity index (χ0) is 92.0. The minimum Gasteiger partial charge on any atom is -0.310 e. The van der Waals surface area contributed by atoms with E-state index in [0.717, 1.165) is 45.3 Å². The predicted octanol–water partition coefficient (Wildman–Crippen LogP) is 35.5. The second kappa shape index (κ2) is 30.8. The Balaban J connectivity index is 0.000000142. The molecule has 648 valence electrons. The number of benzene rings is 20. The Labute approximate surface area is 803 Å². The lowest BCUT2D eigenvalue weighted by atomic mass is 9.70. The third kappa shape index (κ3) is 12.1. The highest BCUT2D eigenvalue weighted by Crippen LogP contribution is 2.67. The quantitative estimate of drug-likeness (QED) is 0.114. The van der Waals surface area contributed by atoms with Crippen LogP contribution in [0.3, 0.4) is 0 Å². The molecule has 0 saturated carbocycles. The van der Waals surface area contributed by atoms with Crippen LogP contribution in [0, 0.1) is 0 Å². The lowest BCUT2D eigenvalue weighted by Gasteiger charge is -2.31. The second-order valence-electron chi connectivity index (χ2n) is 39.8. The summed E-state index contributed by atoms with van der Waals surface area (Å²) in [5.41, 5.74) is 57.1. The lowest BCUT2D eigenvalue weighted by molar-refractivity contribution is 0.660. The molecule has 0 aliphatic heterocycles. The van der Waals surface area contributed by atoms with Gasteiger partial charge in [0.05, 0.1) is 10.8 Å². The third-order valence-electron chi connectivity index (χ3n) is 31.7. The Morgan fingerprint density at radius 1 is 0.153 bits per heavy atom. The van der Waals surface area contributed by atoms with Gasteiger partial charge in [-0.05, 0) is 332 Å². The molecule has 0 aromatic heterocycles. The highest BCUT2D eigenvalue weighted by atomic mass is 15.1. The van der Waals surface area contributed by atoms with Crippen LogP contribution in [0.1, 0.15) is 131 Å². The summed E-state index contributed by atoms with van der Waals surface area (Å²) in [4.78, 5) is 4.90. The first-order valence-electron chi connectivity index (χ1n) is 48.2. The summed E-state index contributed by atoms with van der Waals surface area (Å²) in [5, 5.41) is 0. The minimum absolute atomic E-state index is 0.113. The van der Waals surface area contributed by atoms with E-state index in [-0.39, 0.29) is 16.2 Å². The third-order valence-corrected chi connectivity index (χ3v) is 31.7. The van der Waals surface area contributed by atoms with Gasteiger partial charge in [0, 0.05) is 50.4 Å². The molecule has 137 heavy (non-hydrogen) atoms. The first-order valence-corrected chi connectivity index (χ1v) is 48.2. The van der Waals surface area contributed by atoms with Gasteiger partial charge in [-0.1, -0.05) is 407 Å². The SMILES string of the molecule is C=Cc1cccc(-c2ccc3c(c2)C2(c4ccccc4-c4ccc(-c5ccc(N(c6ccc(-c7ccccc7)cc6)c6ccc7c(c6)C(C)(C)c6ccccc6-7)cc5)cc42)c2ccccc2-3)c1.C=Cc1cccc(-c2ccc3c(c2)C2(c4ccccc4-c4ccc(-c5ccc(N(c6ccc7c(c6)C(C)(C)c6ccccc6-7)c6ccc7c(c6)C(C)(C)c6ccccc6-7)cc5)cc42)c2ccccc2-3)c1. The monoisotopic (exact) mass is 1750 g/mol. The van der Waals surface area contributed by atoms with Crippen molar-refractivity contribution in [3.05, 3.63) is 551 Å². The molecule has 2 heteroatoms. The molecule has 20 aromatic rings. The Morgan fingerprint density at radius 2 is 0.350 bits per heavy atom. The van der Waals surface area contributed by atoms with Crippen LogP contribution < -0.4 is 9.80 Å². The molecule has 2 spiro atoms. The maximum Gasteiger partial charge on any atom is 0.0725 e. The maximum absolute atomic E-state index is 4.08. The fraction of sp³-hybridized carbons (Fsp3) is 0.0815. The van der Waals surface area contributed by atoms with Crippen molar-refractivity contribution in [3.63, 3.8) is 0 Å². The van der Waals surface area contributed by atoms with E-state index in [1.165, 1.54) is 211 Å². The topological polar surface area (TPSA) is 6.48 Å². The molecule has 0 saturated heterocycles. The number of hydrogen-bond donors (Lipinski definition) is 0. The predicted molar refractivity (Wildman–Crippen MR) is 575 cm³/mol. The van der Waals surface area contributed by atoms with Gasteiger partial charge in [-0.15, -0.1) is 0 Å². The summed E-state index contributed by atoms with van der Waals surface area (Å²) in [6, 6.07) is 169. The zero-order valence-corrected chi connectivity index (χ0v) is 77.7. The van der Waals surface area contributed by atoms with Gasteiger partial charge in [0.25, 0.3) is 0 Å². The maximum atomic E-state index is 4.08. The van der Waals surface area contributed by atoms with Crippen LogP contribution >= 0.6 is 0 Å².